The van der Waals surface area contributed by atoms with Gasteiger partial charge < -0.3 is 9.05 Å². The maximum absolute atomic E-state index is 11.8. The van der Waals surface area contributed by atoms with Gasteiger partial charge in [-0.3, -0.25) is 20.2 Å². The van der Waals surface area contributed by atoms with Gasteiger partial charge in [-0.25, -0.2) is 4.57 Å². The van der Waals surface area contributed by atoms with Gasteiger partial charge in [-0.05, 0) is 13.0 Å². The highest BCUT2D eigenvalue weighted by molar-refractivity contribution is 7.53. The summed E-state index contributed by atoms with van der Waals surface area (Å²) in [6.07, 6.45) is 0. The molecule has 0 N–H and O–H groups in total. The molecule has 0 heterocycles. The van der Waals surface area contributed by atoms with Crippen molar-refractivity contribution < 1.29 is 23.5 Å². The summed E-state index contributed by atoms with van der Waals surface area (Å²) in [6, 6.07) is 3.29. The van der Waals surface area contributed by atoms with Crippen LogP contribution in [-0.4, -0.2) is 23.1 Å². The number of hydrogen-bond acceptors (Lipinski definition) is 7. The number of nitrogens with zero attached hydrogens (tertiary/aromatic N) is 2. The van der Waals surface area contributed by atoms with Crippen LogP contribution in [0.25, 0.3) is 0 Å². The lowest BCUT2D eigenvalue weighted by molar-refractivity contribution is -0.422. The highest BCUT2D eigenvalue weighted by atomic mass is 31.2. The van der Waals surface area contributed by atoms with Crippen molar-refractivity contribution in [3.63, 3.8) is 0 Å². The summed E-state index contributed by atoms with van der Waals surface area (Å²) in [6.45, 7) is 2.77. The van der Waals surface area contributed by atoms with Crippen LogP contribution in [0.2, 0.25) is 0 Å². The lowest BCUT2D eigenvalue weighted by atomic mass is 10.2. The summed E-state index contributed by atoms with van der Waals surface area (Å²) >= 11 is 0. The fourth-order valence-corrected chi connectivity index (χ4v) is 2.38. The molecule has 0 aliphatic heterocycles. The Morgan fingerprint density at radius 3 is 2.37 bits per heavy atom. The molecule has 19 heavy (non-hydrogen) atoms. The van der Waals surface area contributed by atoms with Crippen molar-refractivity contribution in [3.8, 4) is 5.75 Å². The monoisotopic (exact) mass is 290 g/mol. The molecule has 0 aliphatic rings. The van der Waals surface area contributed by atoms with Gasteiger partial charge in [0.25, 0.3) is 0 Å². The molecule has 1 rings (SSSR count). The van der Waals surface area contributed by atoms with Gasteiger partial charge >= 0.3 is 19.0 Å². The van der Waals surface area contributed by atoms with Gasteiger partial charge in [0.2, 0.25) is 5.75 Å². The van der Waals surface area contributed by atoms with Gasteiger partial charge in [0.15, 0.2) is 0 Å². The molecule has 9 nitrogen and oxygen atoms in total. The van der Waals surface area contributed by atoms with Crippen LogP contribution in [0.5, 0.6) is 5.75 Å². The Hall–Kier alpha value is -1.99. The Bertz CT molecular complexity index is 559. The first-order chi connectivity index (χ1) is 8.78. The smallest absolute Gasteiger partial charge is 0.387 e. The highest BCUT2D eigenvalue weighted by Crippen LogP contribution is 2.48. The van der Waals surface area contributed by atoms with E-state index in [1.54, 1.807) is 6.92 Å². The van der Waals surface area contributed by atoms with Crippen molar-refractivity contribution in [2.45, 2.75) is 6.92 Å². The first-order valence-corrected chi connectivity index (χ1v) is 7.11. The predicted molar refractivity (Wildman–Crippen MR) is 65.5 cm³/mol. The molecule has 0 spiro atoms. The molecule has 1 aromatic rings. The molecule has 0 aromatic heterocycles. The minimum absolute atomic E-state index is 0.0799. The zero-order valence-corrected chi connectivity index (χ0v) is 11.0. The Balaban J connectivity index is 3.29. The highest BCUT2D eigenvalue weighted by Gasteiger charge is 2.32. The summed E-state index contributed by atoms with van der Waals surface area (Å²) in [5, 5.41) is 21.6. The number of hydrogen-bond donors (Lipinski definition) is 0. The van der Waals surface area contributed by atoms with Gasteiger partial charge in [-0.2, -0.15) is 0 Å². The van der Waals surface area contributed by atoms with Crippen LogP contribution >= 0.6 is 7.60 Å². The Morgan fingerprint density at radius 2 is 1.89 bits per heavy atom. The van der Waals surface area contributed by atoms with Crippen molar-refractivity contribution in [2.75, 3.05) is 13.3 Å². The quantitative estimate of drug-likeness (QED) is 0.448. The van der Waals surface area contributed by atoms with Crippen molar-refractivity contribution in [3.05, 3.63) is 38.4 Å². The third-order valence-corrected chi connectivity index (χ3v) is 3.24. The number of nitro benzene ring substituents is 2. The van der Waals surface area contributed by atoms with E-state index in [0.717, 1.165) is 18.8 Å². The molecule has 0 bridgehead atoms. The zero-order valence-electron chi connectivity index (χ0n) is 10.1. The summed E-state index contributed by atoms with van der Waals surface area (Å²) in [4.78, 5) is 19.7. The lowest BCUT2D eigenvalue weighted by Crippen LogP contribution is -2.02. The molecular weight excluding hydrogens is 279 g/mol. The van der Waals surface area contributed by atoms with Gasteiger partial charge in [0, 0.05) is 12.7 Å². The fourth-order valence-electron chi connectivity index (χ4n) is 1.35. The molecule has 1 atom stereocenters. The third kappa shape index (κ3) is 3.73. The fraction of sp³-hybridized carbons (Fsp3) is 0.333. The van der Waals surface area contributed by atoms with E-state index in [2.05, 4.69) is 0 Å². The second-order valence-corrected chi connectivity index (χ2v) is 5.40. The van der Waals surface area contributed by atoms with E-state index in [0.29, 0.717) is 0 Å². The van der Waals surface area contributed by atoms with E-state index in [1.165, 1.54) is 6.07 Å². The zero-order chi connectivity index (χ0) is 14.6. The van der Waals surface area contributed by atoms with Crippen molar-refractivity contribution in [2.24, 2.45) is 0 Å². The van der Waals surface area contributed by atoms with E-state index in [9.17, 15) is 24.8 Å². The predicted octanol–water partition coefficient (Wildman–Crippen LogP) is 2.74. The van der Waals surface area contributed by atoms with Gasteiger partial charge in [-0.1, -0.05) is 6.07 Å². The molecule has 0 saturated carbocycles. The van der Waals surface area contributed by atoms with Crippen molar-refractivity contribution >= 4 is 19.0 Å². The van der Waals surface area contributed by atoms with E-state index < -0.39 is 34.6 Å². The SMILES string of the molecule is CCOP(C)(=O)Oc1cccc([N+](=O)[O-])c1[N+](=O)[O-]. The van der Waals surface area contributed by atoms with Crippen molar-refractivity contribution in [1.82, 2.24) is 0 Å². The second kappa shape index (κ2) is 5.77. The molecule has 104 valence electrons. The molecule has 1 aromatic carbocycles. The Labute approximate surface area is 108 Å². The Morgan fingerprint density at radius 1 is 1.26 bits per heavy atom. The Kier molecular flexibility index (Phi) is 4.57. The molecule has 0 radical (unpaired) electrons. The van der Waals surface area contributed by atoms with E-state index in [4.69, 9.17) is 9.05 Å². The minimum atomic E-state index is -3.56. The van der Waals surface area contributed by atoms with E-state index >= 15 is 0 Å². The molecule has 10 heteroatoms. The largest absolute Gasteiger partial charge is 0.417 e. The summed E-state index contributed by atoms with van der Waals surface area (Å²) in [5.74, 6) is -0.460. The minimum Gasteiger partial charge on any atom is -0.417 e. The lowest BCUT2D eigenvalue weighted by Gasteiger charge is -2.13. The first-order valence-electron chi connectivity index (χ1n) is 5.12. The molecule has 0 fully saturated rings. The van der Waals surface area contributed by atoms with E-state index in [1.807, 2.05) is 0 Å². The average molecular weight is 290 g/mol. The summed E-state index contributed by atoms with van der Waals surface area (Å²) in [7, 11) is -3.56. The first kappa shape index (κ1) is 15.1. The van der Waals surface area contributed by atoms with Crippen LogP contribution in [-0.2, 0) is 9.09 Å². The molecule has 0 amide bonds. The van der Waals surface area contributed by atoms with Crippen LogP contribution in [0.4, 0.5) is 11.4 Å². The molecule has 1 unspecified atom stereocenters. The molecular formula is C9H11N2O7P. The van der Waals surface area contributed by atoms with Gasteiger partial charge in [0.1, 0.15) is 0 Å². The number of para-hydroxylation sites is 1. The normalized spacial score (nSPS) is 13.6. The van der Waals surface area contributed by atoms with Crippen LogP contribution in [0.1, 0.15) is 6.92 Å². The third-order valence-electron chi connectivity index (χ3n) is 1.98. The van der Waals surface area contributed by atoms with Gasteiger partial charge in [-0.15, -0.1) is 0 Å². The number of benzene rings is 1. The van der Waals surface area contributed by atoms with Crippen molar-refractivity contribution in [1.29, 1.82) is 0 Å². The van der Waals surface area contributed by atoms with Crippen LogP contribution in [0, 0.1) is 20.2 Å². The standard InChI is InChI=1S/C9H11N2O7P/c1-3-17-19(2,16)18-8-6-4-5-7(10(12)13)9(8)11(14)15/h4-6H,3H2,1-2H3. The maximum Gasteiger partial charge on any atom is 0.387 e. The topological polar surface area (TPSA) is 122 Å². The molecule has 0 aliphatic carbocycles. The van der Waals surface area contributed by atoms with Crippen LogP contribution in [0.15, 0.2) is 18.2 Å². The summed E-state index contributed by atoms with van der Waals surface area (Å²) < 4.78 is 21.5. The average Bonchev–Trinajstić information content (AvgIpc) is 2.27. The van der Waals surface area contributed by atoms with Gasteiger partial charge in [0.05, 0.1) is 16.5 Å². The maximum atomic E-state index is 11.8. The summed E-state index contributed by atoms with van der Waals surface area (Å²) in [5.41, 5.74) is -1.59. The molecule has 0 saturated heterocycles. The number of nitro groups is 2. The van der Waals surface area contributed by atoms with Crippen LogP contribution < -0.4 is 4.52 Å². The number of rotatable bonds is 6. The second-order valence-electron chi connectivity index (χ2n) is 3.42. The van der Waals surface area contributed by atoms with Crippen LogP contribution in [0.3, 0.4) is 0 Å². The van der Waals surface area contributed by atoms with E-state index in [-0.39, 0.29) is 6.61 Å².